The molecule has 0 spiro atoms. The van der Waals surface area contributed by atoms with Gasteiger partial charge in [-0.15, -0.1) is 0 Å². The normalized spacial score (nSPS) is 11.0. The lowest BCUT2D eigenvalue weighted by molar-refractivity contribution is 0.0696. The first kappa shape index (κ1) is 21.4. The highest BCUT2D eigenvalue weighted by Gasteiger charge is 2.17. The van der Waals surface area contributed by atoms with Crippen LogP contribution in [0, 0.1) is 0 Å². The molecule has 4 heteroatoms. The molecular formula is C22H28O4. The Bertz CT molecular complexity index is 772. The Hall–Kier alpha value is -2.62. The summed E-state index contributed by atoms with van der Waals surface area (Å²) in [6.45, 7) is 9.74. The molecule has 0 bridgehead atoms. The lowest BCUT2D eigenvalue weighted by Gasteiger charge is -2.09. The lowest BCUT2D eigenvalue weighted by atomic mass is 9.97. The molecule has 0 amide bonds. The molecule has 0 unspecified atom stereocenters. The van der Waals surface area contributed by atoms with Crippen molar-refractivity contribution in [2.24, 2.45) is 0 Å². The van der Waals surface area contributed by atoms with E-state index in [2.05, 4.69) is 6.08 Å². The fourth-order valence-corrected chi connectivity index (χ4v) is 2.44. The van der Waals surface area contributed by atoms with Crippen LogP contribution < -0.4 is 0 Å². The minimum Gasteiger partial charge on any atom is -0.507 e. The molecule has 0 radical (unpaired) electrons. The highest BCUT2D eigenvalue weighted by Crippen LogP contribution is 2.27. The van der Waals surface area contributed by atoms with Crippen LogP contribution in [-0.2, 0) is 6.42 Å². The fraction of sp³-hybridized carbons (Fsp3) is 0.364. The summed E-state index contributed by atoms with van der Waals surface area (Å²) in [6.07, 6.45) is 7.41. The molecular weight excluding hydrogens is 328 g/mol. The van der Waals surface area contributed by atoms with Crippen LogP contribution in [0.4, 0.5) is 0 Å². The third kappa shape index (κ3) is 6.71. The number of hydrogen-bond donors (Lipinski definition) is 2. The van der Waals surface area contributed by atoms with E-state index in [1.807, 2.05) is 40.7 Å². The van der Waals surface area contributed by atoms with Gasteiger partial charge in [0.05, 0.1) is 11.1 Å². The van der Waals surface area contributed by atoms with Crippen molar-refractivity contribution in [2.75, 3.05) is 0 Å². The van der Waals surface area contributed by atoms with Gasteiger partial charge in [-0.25, -0.2) is 4.79 Å². The predicted molar refractivity (Wildman–Crippen MR) is 105 cm³/mol. The van der Waals surface area contributed by atoms with Crippen molar-refractivity contribution in [3.05, 3.63) is 63.8 Å². The van der Waals surface area contributed by atoms with E-state index in [4.69, 9.17) is 0 Å². The smallest absolute Gasteiger partial charge is 0.335 e. The van der Waals surface area contributed by atoms with Gasteiger partial charge in [0.25, 0.3) is 0 Å². The van der Waals surface area contributed by atoms with Gasteiger partial charge in [-0.3, -0.25) is 4.79 Å². The number of carboxylic acid groups (broad SMARTS) is 1. The Labute approximate surface area is 155 Å². The van der Waals surface area contributed by atoms with Crippen LogP contribution in [0.1, 0.15) is 73.7 Å². The molecule has 4 nitrogen and oxygen atoms in total. The summed E-state index contributed by atoms with van der Waals surface area (Å²) in [6, 6.07) is 2.66. The first-order valence-corrected chi connectivity index (χ1v) is 8.69. The summed E-state index contributed by atoms with van der Waals surface area (Å²) in [4.78, 5) is 24.0. The molecule has 140 valence electrons. The summed E-state index contributed by atoms with van der Waals surface area (Å²) < 4.78 is 0. The minimum atomic E-state index is -1.12. The second kappa shape index (κ2) is 9.76. The summed E-state index contributed by atoms with van der Waals surface area (Å²) >= 11 is 0. The molecule has 2 N–H and O–H groups in total. The number of carboxylic acids is 1. The molecule has 0 fully saturated rings. The van der Waals surface area contributed by atoms with Crippen LogP contribution in [0.3, 0.4) is 0 Å². The number of carbonyl (C=O) groups excluding carboxylic acids is 1. The second-order valence-corrected chi connectivity index (χ2v) is 7.00. The van der Waals surface area contributed by atoms with Gasteiger partial charge in [-0.1, -0.05) is 28.9 Å². The van der Waals surface area contributed by atoms with Gasteiger partial charge < -0.3 is 10.2 Å². The van der Waals surface area contributed by atoms with Crippen molar-refractivity contribution >= 4 is 11.8 Å². The van der Waals surface area contributed by atoms with Gasteiger partial charge in [-0.2, -0.15) is 0 Å². The molecule has 0 atom stereocenters. The molecule has 1 aromatic carbocycles. The zero-order chi connectivity index (χ0) is 19.9. The Morgan fingerprint density at radius 2 is 1.62 bits per heavy atom. The topological polar surface area (TPSA) is 74.6 Å². The van der Waals surface area contributed by atoms with Crippen LogP contribution in [0.2, 0.25) is 0 Å². The third-order valence-corrected chi connectivity index (χ3v) is 3.90. The van der Waals surface area contributed by atoms with E-state index < -0.39 is 5.97 Å². The van der Waals surface area contributed by atoms with Crippen molar-refractivity contribution in [1.82, 2.24) is 0 Å². The van der Waals surface area contributed by atoms with Crippen molar-refractivity contribution in [1.29, 1.82) is 0 Å². The predicted octanol–water partition coefficient (Wildman–Crippen LogP) is 5.47. The van der Waals surface area contributed by atoms with Gasteiger partial charge in [-0.05, 0) is 77.7 Å². The van der Waals surface area contributed by atoms with Crippen molar-refractivity contribution in [3.8, 4) is 5.75 Å². The van der Waals surface area contributed by atoms with Crippen molar-refractivity contribution < 1.29 is 19.8 Å². The zero-order valence-corrected chi connectivity index (χ0v) is 16.2. The van der Waals surface area contributed by atoms with Crippen molar-refractivity contribution in [3.63, 3.8) is 0 Å². The molecule has 0 aliphatic heterocycles. The third-order valence-electron chi connectivity index (χ3n) is 3.90. The number of phenolic OH excluding ortho intramolecular Hbond substituents is 1. The van der Waals surface area contributed by atoms with E-state index in [1.54, 1.807) is 0 Å². The van der Waals surface area contributed by atoms with E-state index >= 15 is 0 Å². The number of hydrogen-bond acceptors (Lipinski definition) is 3. The quantitative estimate of drug-likeness (QED) is 0.368. The van der Waals surface area contributed by atoms with Crippen LogP contribution in [0.25, 0.3) is 0 Å². The lowest BCUT2D eigenvalue weighted by Crippen LogP contribution is -2.05. The van der Waals surface area contributed by atoms with Crippen LogP contribution in [-0.4, -0.2) is 22.0 Å². The van der Waals surface area contributed by atoms with Crippen LogP contribution >= 0.6 is 0 Å². The monoisotopic (exact) mass is 356 g/mol. The number of aromatic carboxylic acids is 1. The van der Waals surface area contributed by atoms with E-state index in [9.17, 15) is 19.8 Å². The maximum atomic E-state index is 12.6. The molecule has 1 rings (SSSR count). The summed E-state index contributed by atoms with van der Waals surface area (Å²) in [5.74, 6) is -1.65. The maximum Gasteiger partial charge on any atom is 0.335 e. The second-order valence-electron chi connectivity index (χ2n) is 7.00. The SMILES string of the molecule is CC(C)=CCC/C(C)=C/C(=O)c1cc(C(=O)O)cc(CC=C(C)C)c1O. The molecule has 0 aromatic heterocycles. The first-order chi connectivity index (χ1) is 12.1. The standard InChI is InChI=1S/C22H28O4/c1-14(2)7-6-8-16(5)11-20(23)19-13-18(22(25)26)12-17(21(19)24)10-9-15(3)4/h7,9,11-13,24H,6,8,10H2,1-5H3,(H,25,26)/b16-11+. The Morgan fingerprint density at radius 3 is 2.15 bits per heavy atom. The van der Waals surface area contributed by atoms with E-state index in [1.165, 1.54) is 23.8 Å². The fourth-order valence-electron chi connectivity index (χ4n) is 2.44. The van der Waals surface area contributed by atoms with Gasteiger partial charge in [0, 0.05) is 0 Å². The zero-order valence-electron chi connectivity index (χ0n) is 16.2. The van der Waals surface area contributed by atoms with Gasteiger partial charge >= 0.3 is 5.97 Å². The number of aromatic hydroxyl groups is 1. The van der Waals surface area contributed by atoms with Crippen LogP contribution in [0.15, 0.2) is 47.1 Å². The van der Waals surface area contributed by atoms with Crippen LogP contribution in [0.5, 0.6) is 5.75 Å². The number of ketones is 1. The average molecular weight is 356 g/mol. The number of allylic oxidation sites excluding steroid dienone is 6. The first-order valence-electron chi connectivity index (χ1n) is 8.69. The number of carbonyl (C=O) groups is 2. The summed E-state index contributed by atoms with van der Waals surface area (Å²) in [5, 5.41) is 19.8. The molecule has 0 aliphatic rings. The molecule has 26 heavy (non-hydrogen) atoms. The summed E-state index contributed by atoms with van der Waals surface area (Å²) in [7, 11) is 0. The van der Waals surface area contributed by atoms with Gasteiger partial charge in [0.15, 0.2) is 5.78 Å². The van der Waals surface area contributed by atoms with Crippen molar-refractivity contribution in [2.45, 2.75) is 53.9 Å². The Kier molecular flexibility index (Phi) is 8.04. The molecule has 0 heterocycles. The van der Waals surface area contributed by atoms with Gasteiger partial charge in [0.2, 0.25) is 0 Å². The van der Waals surface area contributed by atoms with Gasteiger partial charge in [0.1, 0.15) is 5.75 Å². The summed E-state index contributed by atoms with van der Waals surface area (Å²) in [5.41, 5.74) is 3.62. The molecule has 0 saturated heterocycles. The average Bonchev–Trinajstić information content (AvgIpc) is 2.52. The van der Waals surface area contributed by atoms with E-state index in [-0.39, 0.29) is 22.7 Å². The molecule has 0 aliphatic carbocycles. The maximum absolute atomic E-state index is 12.6. The molecule has 0 saturated carbocycles. The number of rotatable bonds is 8. The Morgan fingerprint density at radius 1 is 1.00 bits per heavy atom. The number of benzene rings is 1. The largest absolute Gasteiger partial charge is 0.507 e. The molecule has 1 aromatic rings. The Balaban J connectivity index is 3.20. The minimum absolute atomic E-state index is 0.00102. The van der Waals surface area contributed by atoms with E-state index in [0.717, 1.165) is 24.0 Å². The number of phenols is 1. The highest BCUT2D eigenvalue weighted by atomic mass is 16.4. The highest BCUT2D eigenvalue weighted by molar-refractivity contribution is 6.08. The van der Waals surface area contributed by atoms with E-state index in [0.29, 0.717) is 12.0 Å².